The van der Waals surface area contributed by atoms with E-state index in [9.17, 15) is 0 Å². The maximum Gasteiger partial charge on any atom is 0.160 e. The fourth-order valence-corrected chi connectivity index (χ4v) is 2.68. The van der Waals surface area contributed by atoms with E-state index < -0.39 is 0 Å². The number of aryl methyl sites for hydroxylation is 1. The number of imidazole rings is 1. The van der Waals surface area contributed by atoms with Crippen molar-refractivity contribution in [3.8, 4) is 11.5 Å². The van der Waals surface area contributed by atoms with Crippen LogP contribution in [0.15, 0.2) is 18.5 Å². The molecule has 1 aliphatic heterocycles. The number of nitrogens with zero attached hydrogens (tertiary/aromatic N) is 4. The van der Waals surface area contributed by atoms with Crippen LogP contribution < -0.4 is 0 Å². The molecule has 1 N–H and O–H groups in total. The molecule has 2 aromatic rings. The van der Waals surface area contributed by atoms with E-state index in [1.807, 2.05) is 19.2 Å². The Morgan fingerprint density at radius 2 is 2.39 bits per heavy atom. The molecule has 3 heterocycles. The lowest BCUT2D eigenvalue weighted by Gasteiger charge is -2.12. The van der Waals surface area contributed by atoms with Gasteiger partial charge in [0.05, 0.1) is 0 Å². The van der Waals surface area contributed by atoms with Gasteiger partial charge in [-0.05, 0) is 38.9 Å². The standard InChI is InChI=1S/C13H19N5/c1-10-7-12(16-15-10)13-14-4-6-18(13)9-11-3-5-17(2)8-11/h4,6-7,11H,3,5,8-9H2,1-2H3,(H,15,16). The van der Waals surface area contributed by atoms with Gasteiger partial charge in [-0.3, -0.25) is 5.10 Å². The van der Waals surface area contributed by atoms with E-state index in [1.165, 1.54) is 19.5 Å². The Bertz CT molecular complexity index is 527. The molecule has 0 aliphatic carbocycles. The summed E-state index contributed by atoms with van der Waals surface area (Å²) in [7, 11) is 2.19. The highest BCUT2D eigenvalue weighted by Crippen LogP contribution is 2.21. The third-order valence-corrected chi connectivity index (χ3v) is 3.59. The summed E-state index contributed by atoms with van der Waals surface area (Å²) in [6.45, 7) is 5.43. The van der Waals surface area contributed by atoms with Crippen molar-refractivity contribution in [1.29, 1.82) is 0 Å². The summed E-state index contributed by atoms with van der Waals surface area (Å²) in [6, 6.07) is 2.04. The second kappa shape index (κ2) is 4.57. The molecule has 0 saturated carbocycles. The van der Waals surface area contributed by atoms with E-state index >= 15 is 0 Å². The monoisotopic (exact) mass is 245 g/mol. The van der Waals surface area contributed by atoms with Crippen molar-refractivity contribution in [1.82, 2.24) is 24.6 Å². The lowest BCUT2D eigenvalue weighted by Crippen LogP contribution is -2.17. The molecule has 1 aliphatic rings. The predicted molar refractivity (Wildman–Crippen MR) is 70.1 cm³/mol. The van der Waals surface area contributed by atoms with Gasteiger partial charge < -0.3 is 9.47 Å². The number of hydrogen-bond donors (Lipinski definition) is 1. The molecule has 1 fully saturated rings. The molecule has 5 heteroatoms. The minimum atomic E-state index is 0.725. The largest absolute Gasteiger partial charge is 0.329 e. The SMILES string of the molecule is Cc1cc(-c2nccn2CC2CCN(C)C2)n[nH]1. The maximum atomic E-state index is 4.43. The average Bonchev–Trinajstić information content (AvgIpc) is 3.01. The minimum Gasteiger partial charge on any atom is -0.329 e. The summed E-state index contributed by atoms with van der Waals surface area (Å²) in [5.41, 5.74) is 2.00. The average molecular weight is 245 g/mol. The number of aromatic amines is 1. The quantitative estimate of drug-likeness (QED) is 0.892. The molecule has 3 rings (SSSR count). The van der Waals surface area contributed by atoms with Gasteiger partial charge in [0.15, 0.2) is 5.82 Å². The fourth-order valence-electron chi connectivity index (χ4n) is 2.68. The van der Waals surface area contributed by atoms with Gasteiger partial charge in [-0.1, -0.05) is 0 Å². The first kappa shape index (κ1) is 11.5. The third-order valence-electron chi connectivity index (χ3n) is 3.59. The van der Waals surface area contributed by atoms with Crippen LogP contribution in [0.4, 0.5) is 0 Å². The normalized spacial score (nSPS) is 20.7. The number of nitrogens with one attached hydrogen (secondary N) is 1. The van der Waals surface area contributed by atoms with Gasteiger partial charge in [0, 0.05) is 31.2 Å². The van der Waals surface area contributed by atoms with Crippen LogP contribution in [0.3, 0.4) is 0 Å². The van der Waals surface area contributed by atoms with E-state index in [-0.39, 0.29) is 0 Å². The molecule has 96 valence electrons. The molecule has 1 unspecified atom stereocenters. The van der Waals surface area contributed by atoms with E-state index in [1.54, 1.807) is 0 Å². The molecule has 0 aromatic carbocycles. The van der Waals surface area contributed by atoms with Gasteiger partial charge in [-0.25, -0.2) is 4.98 Å². The van der Waals surface area contributed by atoms with E-state index in [2.05, 4.69) is 37.9 Å². The van der Waals surface area contributed by atoms with Crippen LogP contribution in [-0.2, 0) is 6.54 Å². The Kier molecular flexibility index (Phi) is 2.91. The number of rotatable bonds is 3. The van der Waals surface area contributed by atoms with Crippen LogP contribution >= 0.6 is 0 Å². The van der Waals surface area contributed by atoms with Crippen molar-refractivity contribution in [3.63, 3.8) is 0 Å². The smallest absolute Gasteiger partial charge is 0.160 e. The summed E-state index contributed by atoms with van der Waals surface area (Å²) in [5.74, 6) is 1.69. The highest BCUT2D eigenvalue weighted by atomic mass is 15.2. The molecular weight excluding hydrogens is 226 g/mol. The molecule has 0 radical (unpaired) electrons. The molecular formula is C13H19N5. The molecule has 5 nitrogen and oxygen atoms in total. The molecule has 1 saturated heterocycles. The van der Waals surface area contributed by atoms with Gasteiger partial charge in [0.25, 0.3) is 0 Å². The number of hydrogen-bond acceptors (Lipinski definition) is 3. The Morgan fingerprint density at radius 1 is 1.50 bits per heavy atom. The molecule has 2 aromatic heterocycles. The Hall–Kier alpha value is -1.62. The Labute approximate surface area is 107 Å². The van der Waals surface area contributed by atoms with Gasteiger partial charge in [0.2, 0.25) is 0 Å². The summed E-state index contributed by atoms with van der Waals surface area (Å²) in [5, 5.41) is 7.26. The maximum absolute atomic E-state index is 4.43. The van der Waals surface area contributed by atoms with Crippen LogP contribution in [0.1, 0.15) is 12.1 Å². The third kappa shape index (κ3) is 2.18. The highest BCUT2D eigenvalue weighted by Gasteiger charge is 2.21. The van der Waals surface area contributed by atoms with Gasteiger partial charge in [-0.2, -0.15) is 5.10 Å². The Morgan fingerprint density at radius 3 is 3.06 bits per heavy atom. The van der Waals surface area contributed by atoms with E-state index in [0.717, 1.165) is 29.7 Å². The molecule has 0 spiro atoms. The molecule has 0 amide bonds. The minimum absolute atomic E-state index is 0.725. The first-order valence-electron chi connectivity index (χ1n) is 6.44. The van der Waals surface area contributed by atoms with Crippen molar-refractivity contribution in [2.45, 2.75) is 19.9 Å². The van der Waals surface area contributed by atoms with Crippen LogP contribution in [0.25, 0.3) is 11.5 Å². The van der Waals surface area contributed by atoms with Gasteiger partial charge in [-0.15, -0.1) is 0 Å². The van der Waals surface area contributed by atoms with Crippen LogP contribution in [-0.4, -0.2) is 44.8 Å². The molecule has 0 bridgehead atoms. The van der Waals surface area contributed by atoms with Crippen molar-refractivity contribution in [2.75, 3.05) is 20.1 Å². The number of aromatic nitrogens is 4. The van der Waals surface area contributed by atoms with Crippen molar-refractivity contribution in [2.24, 2.45) is 5.92 Å². The van der Waals surface area contributed by atoms with Crippen LogP contribution in [0.5, 0.6) is 0 Å². The molecule has 1 atom stereocenters. The van der Waals surface area contributed by atoms with Crippen molar-refractivity contribution >= 4 is 0 Å². The highest BCUT2D eigenvalue weighted by molar-refractivity contribution is 5.49. The summed E-state index contributed by atoms with van der Waals surface area (Å²) in [4.78, 5) is 6.82. The number of likely N-dealkylation sites (tertiary alicyclic amines) is 1. The zero-order chi connectivity index (χ0) is 12.5. The zero-order valence-corrected chi connectivity index (χ0v) is 10.9. The summed E-state index contributed by atoms with van der Waals surface area (Å²) >= 11 is 0. The second-order valence-corrected chi connectivity index (χ2v) is 5.26. The lowest BCUT2D eigenvalue weighted by molar-refractivity contribution is 0.378. The fraction of sp³-hybridized carbons (Fsp3) is 0.538. The van der Waals surface area contributed by atoms with Crippen molar-refractivity contribution in [3.05, 3.63) is 24.2 Å². The molecule has 18 heavy (non-hydrogen) atoms. The predicted octanol–water partition coefficient (Wildman–Crippen LogP) is 1.53. The zero-order valence-electron chi connectivity index (χ0n) is 10.9. The summed E-state index contributed by atoms with van der Waals surface area (Å²) in [6.07, 6.45) is 5.18. The van der Waals surface area contributed by atoms with Gasteiger partial charge >= 0.3 is 0 Å². The van der Waals surface area contributed by atoms with Crippen LogP contribution in [0, 0.1) is 12.8 Å². The Balaban J connectivity index is 1.79. The second-order valence-electron chi connectivity index (χ2n) is 5.26. The van der Waals surface area contributed by atoms with Gasteiger partial charge in [0.1, 0.15) is 5.69 Å². The van der Waals surface area contributed by atoms with Crippen LogP contribution in [0.2, 0.25) is 0 Å². The van der Waals surface area contributed by atoms with E-state index in [0.29, 0.717) is 0 Å². The van der Waals surface area contributed by atoms with E-state index in [4.69, 9.17) is 0 Å². The number of H-pyrrole nitrogens is 1. The summed E-state index contributed by atoms with van der Waals surface area (Å²) < 4.78 is 2.22. The van der Waals surface area contributed by atoms with Crippen molar-refractivity contribution < 1.29 is 0 Å². The first-order chi connectivity index (χ1) is 8.72. The topological polar surface area (TPSA) is 49.7 Å². The first-order valence-corrected chi connectivity index (χ1v) is 6.44. The lowest BCUT2D eigenvalue weighted by atomic mass is 10.1.